The topological polar surface area (TPSA) is 61.8 Å². The summed E-state index contributed by atoms with van der Waals surface area (Å²) in [6, 6.07) is 0. The first kappa shape index (κ1) is 19.0. The van der Waals surface area contributed by atoms with Crippen LogP contribution in [-0.4, -0.2) is 35.3 Å². The first-order chi connectivity index (χ1) is 12.9. The number of esters is 2. The van der Waals surface area contributed by atoms with Crippen molar-refractivity contribution in [1.82, 2.24) is 0 Å². The summed E-state index contributed by atoms with van der Waals surface area (Å²) in [4.78, 5) is 24.5. The third-order valence-electron chi connectivity index (χ3n) is 7.03. The van der Waals surface area contributed by atoms with Gasteiger partial charge in [-0.1, -0.05) is 13.0 Å². The van der Waals surface area contributed by atoms with Crippen molar-refractivity contribution < 1.29 is 23.8 Å². The van der Waals surface area contributed by atoms with Gasteiger partial charge in [-0.3, -0.25) is 0 Å². The summed E-state index contributed by atoms with van der Waals surface area (Å²) < 4.78 is 17.9. The molecule has 0 aromatic rings. The Hall–Kier alpha value is -1.36. The van der Waals surface area contributed by atoms with Crippen LogP contribution in [0, 0.1) is 11.8 Å². The third-order valence-corrected chi connectivity index (χ3v) is 7.03. The molecule has 5 aliphatic carbocycles. The van der Waals surface area contributed by atoms with E-state index in [1.807, 2.05) is 6.92 Å². The predicted molar refractivity (Wildman–Crippen MR) is 99.9 cm³/mol. The van der Waals surface area contributed by atoms with E-state index in [0.717, 1.165) is 51.4 Å². The maximum absolute atomic E-state index is 12.6. The molecule has 0 N–H and O–H groups in total. The van der Waals surface area contributed by atoms with Crippen LogP contribution in [0.25, 0.3) is 0 Å². The summed E-state index contributed by atoms with van der Waals surface area (Å²) >= 11 is 0. The van der Waals surface area contributed by atoms with Crippen molar-refractivity contribution in [2.75, 3.05) is 0 Å². The van der Waals surface area contributed by atoms with Crippen molar-refractivity contribution in [2.45, 2.75) is 101 Å². The lowest BCUT2D eigenvalue weighted by Gasteiger charge is -2.60. The smallest absolute Gasteiger partial charge is 0.335 e. The second-order valence-corrected chi connectivity index (χ2v) is 9.41. The molecule has 5 nitrogen and oxygen atoms in total. The zero-order valence-corrected chi connectivity index (χ0v) is 16.4. The molecule has 5 fully saturated rings. The molecule has 5 aliphatic rings. The van der Waals surface area contributed by atoms with Crippen molar-refractivity contribution in [3.63, 3.8) is 0 Å². The standard InChI is InChI=1S/C22H32O5/c1-3-19(23)27-22-12-16-9-17(13-22)11-21(10-16,14-22)26-15(2)20(24)25-18-7-5-4-6-8-18/h3,15-18H,1,4-14H2,2H3. The van der Waals surface area contributed by atoms with Gasteiger partial charge in [-0.2, -0.15) is 0 Å². The highest BCUT2D eigenvalue weighted by atomic mass is 16.6. The molecule has 0 heterocycles. The molecule has 5 heteroatoms. The van der Waals surface area contributed by atoms with E-state index in [2.05, 4.69) is 6.58 Å². The van der Waals surface area contributed by atoms with Crippen molar-refractivity contribution >= 4 is 11.9 Å². The highest BCUT2D eigenvalue weighted by Crippen LogP contribution is 2.60. The van der Waals surface area contributed by atoms with Crippen LogP contribution < -0.4 is 0 Å². The van der Waals surface area contributed by atoms with Gasteiger partial charge in [0.2, 0.25) is 0 Å². The molecule has 0 aromatic heterocycles. The molecule has 0 saturated heterocycles. The lowest BCUT2D eigenvalue weighted by molar-refractivity contribution is -0.245. The largest absolute Gasteiger partial charge is 0.460 e. The second kappa shape index (κ2) is 7.23. The molecule has 5 rings (SSSR count). The van der Waals surface area contributed by atoms with Crippen LogP contribution in [-0.2, 0) is 23.8 Å². The Balaban J connectivity index is 1.42. The summed E-state index contributed by atoms with van der Waals surface area (Å²) in [7, 11) is 0. The molecule has 150 valence electrons. The zero-order valence-electron chi connectivity index (χ0n) is 16.4. The minimum Gasteiger partial charge on any atom is -0.460 e. The fourth-order valence-electron chi connectivity index (χ4n) is 6.47. The Kier molecular flexibility index (Phi) is 5.08. The molecule has 0 aromatic carbocycles. The Morgan fingerprint density at radius 2 is 1.67 bits per heavy atom. The summed E-state index contributed by atoms with van der Waals surface area (Å²) in [6.45, 7) is 5.35. The van der Waals surface area contributed by atoms with Crippen LogP contribution in [0.15, 0.2) is 12.7 Å². The van der Waals surface area contributed by atoms with E-state index in [1.165, 1.54) is 18.9 Å². The molecule has 3 unspecified atom stereocenters. The Morgan fingerprint density at radius 3 is 2.30 bits per heavy atom. The van der Waals surface area contributed by atoms with Gasteiger partial charge in [0.1, 0.15) is 11.7 Å². The normalized spacial score (nSPS) is 39.0. The molecule has 0 radical (unpaired) electrons. The van der Waals surface area contributed by atoms with Gasteiger partial charge in [0.05, 0.1) is 5.60 Å². The molecular formula is C22H32O5. The maximum atomic E-state index is 12.6. The summed E-state index contributed by atoms with van der Waals surface area (Å²) in [5.74, 6) is 0.419. The van der Waals surface area contributed by atoms with E-state index in [4.69, 9.17) is 14.2 Å². The maximum Gasteiger partial charge on any atom is 0.335 e. The van der Waals surface area contributed by atoms with Crippen LogP contribution >= 0.6 is 0 Å². The Bertz CT molecular complexity index is 592. The number of carbonyl (C=O) groups is 2. The molecule has 0 spiro atoms. The lowest BCUT2D eigenvalue weighted by atomic mass is 9.52. The van der Waals surface area contributed by atoms with Gasteiger partial charge in [0, 0.05) is 12.5 Å². The number of carbonyl (C=O) groups excluding carboxylic acids is 2. The van der Waals surface area contributed by atoms with Crippen LogP contribution in [0.4, 0.5) is 0 Å². The molecule has 4 bridgehead atoms. The Labute approximate surface area is 161 Å². The van der Waals surface area contributed by atoms with Crippen molar-refractivity contribution in [3.8, 4) is 0 Å². The van der Waals surface area contributed by atoms with Gasteiger partial charge in [-0.05, 0) is 76.5 Å². The van der Waals surface area contributed by atoms with Crippen LogP contribution in [0.2, 0.25) is 0 Å². The van der Waals surface area contributed by atoms with Crippen molar-refractivity contribution in [1.29, 1.82) is 0 Å². The quantitative estimate of drug-likeness (QED) is 0.516. The van der Waals surface area contributed by atoms with E-state index in [-0.39, 0.29) is 23.6 Å². The number of ether oxygens (including phenoxy) is 3. The zero-order chi connectivity index (χ0) is 19.1. The molecule has 0 aliphatic heterocycles. The summed E-state index contributed by atoms with van der Waals surface area (Å²) in [6.07, 6.45) is 11.8. The highest BCUT2D eigenvalue weighted by molar-refractivity contribution is 5.81. The van der Waals surface area contributed by atoms with Gasteiger partial charge < -0.3 is 14.2 Å². The van der Waals surface area contributed by atoms with E-state index in [1.54, 1.807) is 0 Å². The average Bonchev–Trinajstić information content (AvgIpc) is 2.60. The van der Waals surface area contributed by atoms with Gasteiger partial charge >= 0.3 is 11.9 Å². The molecule has 5 saturated carbocycles. The van der Waals surface area contributed by atoms with Gasteiger partial charge in [0.15, 0.2) is 6.10 Å². The minimum absolute atomic E-state index is 0.0496. The van der Waals surface area contributed by atoms with E-state index >= 15 is 0 Å². The SMILES string of the molecule is C=CC(=O)OC12CC3CC(C1)CC(OC(C)C(=O)OC1CCCCC1)(C3)C2. The van der Waals surface area contributed by atoms with Crippen molar-refractivity contribution in [3.05, 3.63) is 12.7 Å². The van der Waals surface area contributed by atoms with E-state index in [9.17, 15) is 9.59 Å². The fraction of sp³-hybridized carbons (Fsp3) is 0.818. The molecule has 3 atom stereocenters. The minimum atomic E-state index is -0.574. The van der Waals surface area contributed by atoms with E-state index < -0.39 is 11.7 Å². The fourth-order valence-corrected chi connectivity index (χ4v) is 6.47. The molecule has 27 heavy (non-hydrogen) atoms. The second-order valence-electron chi connectivity index (χ2n) is 9.41. The summed E-state index contributed by atoms with van der Waals surface area (Å²) in [5, 5.41) is 0. The number of hydrogen-bond donors (Lipinski definition) is 0. The molecular weight excluding hydrogens is 344 g/mol. The average molecular weight is 376 g/mol. The van der Waals surface area contributed by atoms with Crippen LogP contribution in [0.1, 0.15) is 77.6 Å². The monoisotopic (exact) mass is 376 g/mol. The number of rotatable bonds is 6. The molecule has 0 amide bonds. The Morgan fingerprint density at radius 1 is 1.04 bits per heavy atom. The predicted octanol–water partition coefficient (Wildman–Crippen LogP) is 4.09. The van der Waals surface area contributed by atoms with Gasteiger partial charge in [-0.25, -0.2) is 9.59 Å². The summed E-state index contributed by atoms with van der Waals surface area (Å²) in [5.41, 5.74) is -0.807. The third kappa shape index (κ3) is 3.94. The first-order valence-corrected chi connectivity index (χ1v) is 10.6. The number of hydrogen-bond acceptors (Lipinski definition) is 5. The first-order valence-electron chi connectivity index (χ1n) is 10.6. The van der Waals surface area contributed by atoms with E-state index in [0.29, 0.717) is 18.3 Å². The van der Waals surface area contributed by atoms with Gasteiger partial charge in [-0.15, -0.1) is 0 Å². The van der Waals surface area contributed by atoms with Gasteiger partial charge in [0.25, 0.3) is 0 Å². The lowest BCUT2D eigenvalue weighted by Crippen LogP contribution is -2.62. The van der Waals surface area contributed by atoms with Crippen LogP contribution in [0.3, 0.4) is 0 Å². The highest BCUT2D eigenvalue weighted by Gasteiger charge is 2.61. The van der Waals surface area contributed by atoms with Crippen LogP contribution in [0.5, 0.6) is 0 Å². The van der Waals surface area contributed by atoms with Crippen molar-refractivity contribution in [2.24, 2.45) is 11.8 Å².